The minimum absolute atomic E-state index is 0. The lowest BCUT2D eigenvalue weighted by Gasteiger charge is -2.14. The van der Waals surface area contributed by atoms with Gasteiger partial charge in [-0.2, -0.15) is 0 Å². The molecule has 0 bridgehead atoms. The van der Waals surface area contributed by atoms with Crippen LogP contribution in [0, 0.1) is 0 Å². The van der Waals surface area contributed by atoms with Crippen molar-refractivity contribution in [2.45, 2.75) is 24.3 Å². The fourth-order valence-electron chi connectivity index (χ4n) is 1.24. The van der Waals surface area contributed by atoms with Gasteiger partial charge in [0.15, 0.2) is 5.78 Å². The van der Waals surface area contributed by atoms with Crippen molar-refractivity contribution in [3.05, 3.63) is 0 Å². The molecule has 1 heterocycles. The van der Waals surface area contributed by atoms with Crippen LogP contribution < -0.4 is 16.8 Å². The minimum atomic E-state index is -0.578. The van der Waals surface area contributed by atoms with Crippen molar-refractivity contribution < 1.29 is 9.59 Å². The summed E-state index contributed by atoms with van der Waals surface area (Å²) < 4.78 is 0. The van der Waals surface area contributed by atoms with Crippen molar-refractivity contribution in [3.63, 3.8) is 0 Å². The Balaban J connectivity index is 0.00000196. The molecular weight excluding hydrogens is 238 g/mol. The van der Waals surface area contributed by atoms with E-state index in [4.69, 9.17) is 11.5 Å². The van der Waals surface area contributed by atoms with Crippen LogP contribution in [-0.2, 0) is 9.59 Å². The van der Waals surface area contributed by atoms with Crippen LogP contribution in [-0.4, -0.2) is 35.4 Å². The summed E-state index contributed by atoms with van der Waals surface area (Å²) in [5, 5.41) is 2.85. The number of nitrogens with two attached hydrogens (primary N) is 2. The van der Waals surface area contributed by atoms with Crippen molar-refractivity contribution in [2.24, 2.45) is 11.5 Å². The summed E-state index contributed by atoms with van der Waals surface area (Å²) in [6.07, 6.45) is 0.511. The Morgan fingerprint density at radius 1 is 1.53 bits per heavy atom. The number of hydrogen-bond acceptors (Lipinski definition) is 5. The molecule has 7 heteroatoms. The highest BCUT2D eigenvalue weighted by Gasteiger charge is 2.27. The lowest BCUT2D eigenvalue weighted by molar-refractivity contribution is -0.121. The summed E-state index contributed by atoms with van der Waals surface area (Å²) in [7, 11) is 0. The zero-order chi connectivity index (χ0) is 10.6. The number of thioether (sulfide) groups is 1. The van der Waals surface area contributed by atoms with Crippen LogP contribution in [0.1, 0.15) is 12.8 Å². The minimum Gasteiger partial charge on any atom is -0.370 e. The maximum atomic E-state index is 11.6. The van der Waals surface area contributed by atoms with Gasteiger partial charge in [-0.25, -0.2) is 0 Å². The molecule has 0 aliphatic carbocycles. The number of hydrogen-bond donors (Lipinski definition) is 3. The van der Waals surface area contributed by atoms with E-state index >= 15 is 0 Å². The topological polar surface area (TPSA) is 98.2 Å². The van der Waals surface area contributed by atoms with E-state index in [1.165, 1.54) is 0 Å². The lowest BCUT2D eigenvalue weighted by Crippen LogP contribution is -2.42. The Hall–Kier alpha value is -0.300. The molecule has 0 radical (unpaired) electrons. The highest BCUT2D eigenvalue weighted by atomic mass is 35.5. The van der Waals surface area contributed by atoms with Crippen LogP contribution in [0.5, 0.6) is 0 Å². The van der Waals surface area contributed by atoms with E-state index in [0.717, 1.165) is 12.3 Å². The first-order chi connectivity index (χ1) is 6.61. The summed E-state index contributed by atoms with van der Waals surface area (Å²) >= 11 is 1.56. The van der Waals surface area contributed by atoms with Crippen molar-refractivity contribution >= 4 is 35.9 Å². The molecule has 0 aromatic carbocycles. The van der Waals surface area contributed by atoms with Gasteiger partial charge in [0.05, 0.1) is 6.04 Å². The van der Waals surface area contributed by atoms with Gasteiger partial charge in [-0.1, -0.05) is 0 Å². The molecule has 5 N–H and O–H groups in total. The van der Waals surface area contributed by atoms with Crippen LogP contribution >= 0.6 is 24.2 Å². The zero-order valence-corrected chi connectivity index (χ0v) is 9.90. The molecule has 15 heavy (non-hydrogen) atoms. The fourth-order valence-corrected chi connectivity index (χ4v) is 2.29. The number of ketones is 1. The number of carbonyl (C=O) groups is 2. The number of nitrogens with one attached hydrogen (secondary N) is 1. The number of primary amides is 1. The van der Waals surface area contributed by atoms with Gasteiger partial charge in [0.1, 0.15) is 5.37 Å². The van der Waals surface area contributed by atoms with E-state index in [0.29, 0.717) is 6.42 Å². The summed E-state index contributed by atoms with van der Waals surface area (Å²) in [5.41, 5.74) is 10.6. The summed E-state index contributed by atoms with van der Waals surface area (Å²) in [4.78, 5) is 22.1. The van der Waals surface area contributed by atoms with Crippen molar-refractivity contribution in [3.8, 4) is 0 Å². The molecule has 0 saturated carbocycles. The molecule has 2 unspecified atom stereocenters. The molecule has 0 spiro atoms. The molecule has 1 amide bonds. The van der Waals surface area contributed by atoms with E-state index in [1.54, 1.807) is 11.8 Å². The number of Topliss-reactive ketones (excluding diaryl/α,β-unsaturated/α-hetero) is 1. The van der Waals surface area contributed by atoms with Gasteiger partial charge in [-0.15, -0.1) is 24.2 Å². The Bertz CT molecular complexity index is 234. The Morgan fingerprint density at radius 3 is 2.67 bits per heavy atom. The first-order valence-corrected chi connectivity index (χ1v) is 5.58. The average Bonchev–Trinajstić information content (AvgIpc) is 2.65. The molecule has 1 aliphatic heterocycles. The predicted molar refractivity (Wildman–Crippen MR) is 62.9 cm³/mol. The van der Waals surface area contributed by atoms with E-state index in [1.807, 2.05) is 0 Å². The second-order valence-electron chi connectivity index (χ2n) is 3.22. The molecule has 2 atom stereocenters. The number of carbonyl (C=O) groups excluding carboxylic acids is 2. The smallest absolute Gasteiger partial charge is 0.217 e. The largest absolute Gasteiger partial charge is 0.370 e. The van der Waals surface area contributed by atoms with Crippen molar-refractivity contribution in [1.82, 2.24) is 5.32 Å². The average molecular weight is 254 g/mol. The van der Waals surface area contributed by atoms with Gasteiger partial charge in [-0.05, 0) is 6.42 Å². The Kier molecular flexibility index (Phi) is 6.91. The van der Waals surface area contributed by atoms with Crippen LogP contribution in [0.15, 0.2) is 0 Å². The van der Waals surface area contributed by atoms with Gasteiger partial charge in [-0.3, -0.25) is 14.9 Å². The molecule has 1 saturated heterocycles. The molecule has 1 aliphatic rings. The Labute approximate surface area is 99.1 Å². The molecule has 0 aromatic heterocycles. The maximum Gasteiger partial charge on any atom is 0.217 e. The molecule has 1 rings (SSSR count). The van der Waals surface area contributed by atoms with E-state index < -0.39 is 11.9 Å². The van der Waals surface area contributed by atoms with Crippen LogP contribution in [0.25, 0.3) is 0 Å². The molecule has 88 valence electrons. The summed E-state index contributed by atoms with van der Waals surface area (Å²) in [6, 6.07) is -0.578. The first-order valence-electron chi connectivity index (χ1n) is 4.54. The lowest BCUT2D eigenvalue weighted by atomic mass is 10.1. The third kappa shape index (κ3) is 4.83. The maximum absolute atomic E-state index is 11.6. The van der Waals surface area contributed by atoms with Crippen molar-refractivity contribution in [1.29, 1.82) is 0 Å². The molecule has 1 fully saturated rings. The summed E-state index contributed by atoms with van der Waals surface area (Å²) in [5.74, 6) is 0.480. The quantitative estimate of drug-likeness (QED) is 0.598. The van der Waals surface area contributed by atoms with Gasteiger partial charge >= 0.3 is 0 Å². The second-order valence-corrected chi connectivity index (χ2v) is 4.43. The highest BCUT2D eigenvalue weighted by molar-refractivity contribution is 8.00. The Morgan fingerprint density at radius 2 is 2.20 bits per heavy atom. The highest BCUT2D eigenvalue weighted by Crippen LogP contribution is 2.16. The van der Waals surface area contributed by atoms with Gasteiger partial charge < -0.3 is 11.5 Å². The van der Waals surface area contributed by atoms with Crippen LogP contribution in [0.4, 0.5) is 0 Å². The number of amides is 1. The predicted octanol–water partition coefficient (Wildman–Crippen LogP) is -0.767. The molecule has 5 nitrogen and oxygen atoms in total. The van der Waals surface area contributed by atoms with E-state index in [9.17, 15) is 9.59 Å². The normalized spacial score (nSPS) is 21.8. The van der Waals surface area contributed by atoms with Gasteiger partial charge in [0.2, 0.25) is 5.91 Å². The third-order valence-corrected chi connectivity index (χ3v) is 3.21. The SMILES string of the molecule is Cl.NC(=O)CCC(N)C(=O)C1NCCS1. The standard InChI is InChI=1S/C8H15N3O2S.ClH/c9-5(1-2-6(10)12)7(13)8-11-3-4-14-8;/h5,8,11H,1-4,9H2,(H2,10,12);1H. The second kappa shape index (κ2) is 7.05. The zero-order valence-electron chi connectivity index (χ0n) is 8.27. The molecule has 0 aromatic rings. The number of rotatable bonds is 5. The van der Waals surface area contributed by atoms with E-state index in [-0.39, 0.29) is 30.0 Å². The third-order valence-electron chi connectivity index (χ3n) is 2.04. The van der Waals surface area contributed by atoms with Gasteiger partial charge in [0, 0.05) is 18.7 Å². The summed E-state index contributed by atoms with van der Waals surface area (Å²) in [6.45, 7) is 0.837. The van der Waals surface area contributed by atoms with Crippen molar-refractivity contribution in [2.75, 3.05) is 12.3 Å². The molecular formula is C8H16ClN3O2S. The van der Waals surface area contributed by atoms with Gasteiger partial charge in [0.25, 0.3) is 0 Å². The fraction of sp³-hybridized carbons (Fsp3) is 0.750. The monoisotopic (exact) mass is 253 g/mol. The van der Waals surface area contributed by atoms with E-state index in [2.05, 4.69) is 5.32 Å². The first kappa shape index (κ1) is 14.7. The number of halogens is 1. The van der Waals surface area contributed by atoms with Crippen LogP contribution in [0.3, 0.4) is 0 Å². The van der Waals surface area contributed by atoms with Crippen LogP contribution in [0.2, 0.25) is 0 Å².